The van der Waals surface area contributed by atoms with Crippen LogP contribution in [0.25, 0.3) is 0 Å². The van der Waals surface area contributed by atoms with Crippen molar-refractivity contribution in [3.63, 3.8) is 0 Å². The first-order valence-electron chi connectivity index (χ1n) is 7.67. The molecule has 1 N–H and O–H groups in total. The van der Waals surface area contributed by atoms with Gasteiger partial charge in [-0.3, -0.25) is 9.59 Å². The molecular formula is C19H20FNO3. The third kappa shape index (κ3) is 4.91. The van der Waals surface area contributed by atoms with E-state index in [1.165, 1.54) is 25.1 Å². The first-order valence-corrected chi connectivity index (χ1v) is 7.67. The van der Waals surface area contributed by atoms with E-state index in [1.807, 2.05) is 32.0 Å². The van der Waals surface area contributed by atoms with E-state index in [4.69, 9.17) is 4.74 Å². The summed E-state index contributed by atoms with van der Waals surface area (Å²) in [6.07, 6.45) is -1.02. The summed E-state index contributed by atoms with van der Waals surface area (Å²) in [6, 6.07) is 11.4. The van der Waals surface area contributed by atoms with Crippen molar-refractivity contribution in [2.24, 2.45) is 0 Å². The number of ether oxygens (including phenoxy) is 1. The molecule has 0 fully saturated rings. The van der Waals surface area contributed by atoms with Crippen molar-refractivity contribution in [3.05, 3.63) is 65.0 Å². The van der Waals surface area contributed by atoms with Crippen molar-refractivity contribution in [1.82, 2.24) is 0 Å². The topological polar surface area (TPSA) is 55.4 Å². The van der Waals surface area contributed by atoms with E-state index in [0.717, 1.165) is 11.1 Å². The number of aryl methyl sites for hydroxylation is 2. The quantitative estimate of drug-likeness (QED) is 0.854. The van der Waals surface area contributed by atoms with Crippen LogP contribution in [0.5, 0.6) is 0 Å². The Hall–Kier alpha value is -2.69. The van der Waals surface area contributed by atoms with Crippen LogP contribution in [0.15, 0.2) is 42.5 Å². The zero-order valence-electron chi connectivity index (χ0n) is 13.9. The van der Waals surface area contributed by atoms with Crippen LogP contribution < -0.4 is 5.32 Å². The first-order chi connectivity index (χ1) is 11.3. The number of rotatable bonds is 5. The van der Waals surface area contributed by atoms with Gasteiger partial charge in [-0.15, -0.1) is 0 Å². The molecule has 0 aliphatic carbocycles. The number of hydrogen-bond acceptors (Lipinski definition) is 3. The Morgan fingerprint density at radius 1 is 1.17 bits per heavy atom. The Labute approximate surface area is 140 Å². The molecule has 126 valence electrons. The van der Waals surface area contributed by atoms with Crippen molar-refractivity contribution < 1.29 is 18.7 Å². The first kappa shape index (κ1) is 17.7. The van der Waals surface area contributed by atoms with Gasteiger partial charge in [0.15, 0.2) is 6.10 Å². The number of amides is 1. The lowest BCUT2D eigenvalue weighted by atomic mass is 10.1. The molecular weight excluding hydrogens is 309 g/mol. The van der Waals surface area contributed by atoms with Crippen molar-refractivity contribution >= 4 is 17.6 Å². The molecule has 0 saturated heterocycles. The molecule has 0 radical (unpaired) electrons. The van der Waals surface area contributed by atoms with Gasteiger partial charge in [-0.2, -0.15) is 0 Å². The molecule has 2 aromatic rings. The highest BCUT2D eigenvalue weighted by Gasteiger charge is 2.19. The third-order valence-electron chi connectivity index (χ3n) is 3.57. The summed E-state index contributed by atoms with van der Waals surface area (Å²) in [7, 11) is 0. The molecule has 0 aromatic heterocycles. The van der Waals surface area contributed by atoms with Gasteiger partial charge in [0.25, 0.3) is 5.91 Å². The Bertz CT molecular complexity index is 758. The third-order valence-corrected chi connectivity index (χ3v) is 3.57. The van der Waals surface area contributed by atoms with Gasteiger partial charge < -0.3 is 10.1 Å². The summed E-state index contributed by atoms with van der Waals surface area (Å²) in [5.74, 6) is -1.40. The number of carbonyl (C=O) groups excluding carboxylic acids is 2. The predicted octanol–water partition coefficient (Wildman–Crippen LogP) is 3.56. The van der Waals surface area contributed by atoms with Crippen LogP contribution in [0, 0.1) is 19.7 Å². The lowest BCUT2D eigenvalue weighted by molar-refractivity contribution is -0.152. The minimum Gasteiger partial charge on any atom is -0.452 e. The molecule has 0 bridgehead atoms. The second-order valence-corrected chi connectivity index (χ2v) is 5.75. The molecule has 1 atom stereocenters. The van der Waals surface area contributed by atoms with Crippen LogP contribution in [0.4, 0.5) is 10.1 Å². The molecule has 2 rings (SSSR count). The summed E-state index contributed by atoms with van der Waals surface area (Å²) < 4.78 is 18.2. The fourth-order valence-corrected chi connectivity index (χ4v) is 2.21. The molecule has 5 heteroatoms. The van der Waals surface area contributed by atoms with Gasteiger partial charge in [-0.05, 0) is 55.7 Å². The van der Waals surface area contributed by atoms with E-state index >= 15 is 0 Å². The molecule has 0 aliphatic heterocycles. The molecule has 0 spiro atoms. The summed E-state index contributed by atoms with van der Waals surface area (Å²) in [5.41, 5.74) is 3.13. The summed E-state index contributed by atoms with van der Waals surface area (Å²) in [5, 5.41) is 2.75. The Balaban J connectivity index is 1.93. The lowest BCUT2D eigenvalue weighted by Gasteiger charge is -2.15. The highest BCUT2D eigenvalue weighted by atomic mass is 19.1. The van der Waals surface area contributed by atoms with E-state index in [0.29, 0.717) is 11.3 Å². The second kappa shape index (κ2) is 7.73. The maximum absolute atomic E-state index is 13.1. The molecule has 1 amide bonds. The monoisotopic (exact) mass is 329 g/mol. The van der Waals surface area contributed by atoms with Gasteiger partial charge >= 0.3 is 5.97 Å². The maximum Gasteiger partial charge on any atom is 0.311 e. The molecule has 2 aromatic carbocycles. The molecule has 24 heavy (non-hydrogen) atoms. The molecule has 0 aliphatic rings. The van der Waals surface area contributed by atoms with Crippen LogP contribution in [0.2, 0.25) is 0 Å². The largest absolute Gasteiger partial charge is 0.452 e. The highest BCUT2D eigenvalue weighted by molar-refractivity contribution is 5.95. The Morgan fingerprint density at radius 3 is 2.62 bits per heavy atom. The minimum atomic E-state index is -0.939. The highest BCUT2D eigenvalue weighted by Crippen LogP contribution is 2.17. The molecule has 0 heterocycles. The standard InChI is InChI=1S/C19H20FNO3/c1-12-7-8-13(2)17(9-12)21-19(23)14(3)24-18(22)11-15-5-4-6-16(20)10-15/h4-10,14H,11H2,1-3H3,(H,21,23)/t14-/m0/s1. The fourth-order valence-electron chi connectivity index (χ4n) is 2.21. The number of esters is 1. The SMILES string of the molecule is Cc1ccc(C)c(NC(=O)[C@H](C)OC(=O)Cc2cccc(F)c2)c1. The van der Waals surface area contributed by atoms with Crippen LogP contribution in [0.3, 0.4) is 0 Å². The van der Waals surface area contributed by atoms with Gasteiger partial charge in [0.05, 0.1) is 6.42 Å². The normalized spacial score (nSPS) is 11.7. The number of anilines is 1. The number of benzene rings is 2. The van der Waals surface area contributed by atoms with Crippen LogP contribution in [0.1, 0.15) is 23.6 Å². The van der Waals surface area contributed by atoms with Crippen molar-refractivity contribution in [2.45, 2.75) is 33.3 Å². The average molecular weight is 329 g/mol. The summed E-state index contributed by atoms with van der Waals surface area (Å²) in [6.45, 7) is 5.32. The van der Waals surface area contributed by atoms with Crippen molar-refractivity contribution in [3.8, 4) is 0 Å². The molecule has 0 saturated carbocycles. The zero-order valence-corrected chi connectivity index (χ0v) is 13.9. The van der Waals surface area contributed by atoms with Gasteiger partial charge in [0.1, 0.15) is 5.82 Å². The Kier molecular flexibility index (Phi) is 5.68. The van der Waals surface area contributed by atoms with Gasteiger partial charge in [-0.1, -0.05) is 24.3 Å². The zero-order chi connectivity index (χ0) is 17.7. The van der Waals surface area contributed by atoms with Crippen LogP contribution in [-0.2, 0) is 20.7 Å². The van der Waals surface area contributed by atoms with Crippen LogP contribution in [-0.4, -0.2) is 18.0 Å². The van der Waals surface area contributed by atoms with Crippen molar-refractivity contribution in [1.29, 1.82) is 0 Å². The number of nitrogens with one attached hydrogen (secondary N) is 1. The van der Waals surface area contributed by atoms with E-state index in [-0.39, 0.29) is 6.42 Å². The summed E-state index contributed by atoms with van der Waals surface area (Å²) >= 11 is 0. The molecule has 0 unspecified atom stereocenters. The van der Waals surface area contributed by atoms with E-state index < -0.39 is 23.8 Å². The number of halogens is 1. The van der Waals surface area contributed by atoms with E-state index in [2.05, 4.69) is 5.32 Å². The van der Waals surface area contributed by atoms with E-state index in [1.54, 1.807) is 6.07 Å². The van der Waals surface area contributed by atoms with Gasteiger partial charge in [-0.25, -0.2) is 4.39 Å². The number of carbonyl (C=O) groups is 2. The minimum absolute atomic E-state index is 0.0845. The fraction of sp³-hybridized carbons (Fsp3) is 0.263. The van der Waals surface area contributed by atoms with Gasteiger partial charge in [0, 0.05) is 5.69 Å². The van der Waals surface area contributed by atoms with E-state index in [9.17, 15) is 14.0 Å². The maximum atomic E-state index is 13.1. The smallest absolute Gasteiger partial charge is 0.311 e. The lowest BCUT2D eigenvalue weighted by Crippen LogP contribution is -2.30. The van der Waals surface area contributed by atoms with Crippen LogP contribution >= 0.6 is 0 Å². The van der Waals surface area contributed by atoms with Gasteiger partial charge in [0.2, 0.25) is 0 Å². The average Bonchev–Trinajstić information content (AvgIpc) is 2.50. The predicted molar refractivity (Wildman–Crippen MR) is 90.2 cm³/mol. The summed E-state index contributed by atoms with van der Waals surface area (Å²) in [4.78, 5) is 24.1. The molecule has 4 nitrogen and oxygen atoms in total. The second-order valence-electron chi connectivity index (χ2n) is 5.75. The van der Waals surface area contributed by atoms with Crippen molar-refractivity contribution in [2.75, 3.05) is 5.32 Å². The number of hydrogen-bond donors (Lipinski definition) is 1. The Morgan fingerprint density at radius 2 is 1.92 bits per heavy atom.